The predicted octanol–water partition coefficient (Wildman–Crippen LogP) is 0.180. The zero-order valence-electron chi connectivity index (χ0n) is 5.73. The lowest BCUT2D eigenvalue weighted by atomic mass is 10.3. The molecule has 0 bridgehead atoms. The SMILES string of the molecule is N.O=C(O)c1cc[n+]([O-])cc1. The molecule has 1 rings (SSSR count). The summed E-state index contributed by atoms with van der Waals surface area (Å²) in [4.78, 5) is 10.2. The quantitative estimate of drug-likeness (QED) is 0.447. The van der Waals surface area contributed by atoms with Gasteiger partial charge >= 0.3 is 5.97 Å². The van der Waals surface area contributed by atoms with Crippen molar-refractivity contribution in [2.24, 2.45) is 0 Å². The first-order chi connectivity index (χ1) is 4.70. The molecule has 1 aromatic rings. The van der Waals surface area contributed by atoms with Crippen molar-refractivity contribution in [2.75, 3.05) is 0 Å². The van der Waals surface area contributed by atoms with Crippen LogP contribution < -0.4 is 10.9 Å². The number of carboxylic acids is 1. The molecule has 0 aromatic carbocycles. The van der Waals surface area contributed by atoms with Gasteiger partial charge in [-0.25, -0.2) is 4.79 Å². The van der Waals surface area contributed by atoms with E-state index in [-0.39, 0.29) is 11.7 Å². The van der Waals surface area contributed by atoms with Gasteiger partial charge in [0, 0.05) is 12.1 Å². The van der Waals surface area contributed by atoms with Crippen LogP contribution in [0.2, 0.25) is 0 Å². The number of carboxylic acid groups (broad SMARTS) is 1. The van der Waals surface area contributed by atoms with Gasteiger partial charge in [0.25, 0.3) is 0 Å². The van der Waals surface area contributed by atoms with Gasteiger partial charge in [0.2, 0.25) is 0 Å². The average molecular weight is 156 g/mol. The summed E-state index contributed by atoms with van der Waals surface area (Å²) in [6.45, 7) is 0. The normalized spacial score (nSPS) is 8.36. The molecule has 0 aliphatic carbocycles. The van der Waals surface area contributed by atoms with Crippen molar-refractivity contribution in [2.45, 2.75) is 0 Å². The van der Waals surface area contributed by atoms with Gasteiger partial charge in [-0.05, 0) is 0 Å². The fourth-order valence-electron chi connectivity index (χ4n) is 0.555. The molecule has 5 heteroatoms. The minimum atomic E-state index is -1.03. The van der Waals surface area contributed by atoms with E-state index in [1.807, 2.05) is 0 Å². The lowest BCUT2D eigenvalue weighted by Crippen LogP contribution is -2.24. The Morgan fingerprint density at radius 3 is 2.27 bits per heavy atom. The first-order valence-electron chi connectivity index (χ1n) is 2.62. The van der Waals surface area contributed by atoms with Crippen molar-refractivity contribution in [3.63, 3.8) is 0 Å². The summed E-state index contributed by atoms with van der Waals surface area (Å²) < 4.78 is 0.534. The summed E-state index contributed by atoms with van der Waals surface area (Å²) >= 11 is 0. The van der Waals surface area contributed by atoms with E-state index in [1.54, 1.807) is 0 Å². The topological polar surface area (TPSA) is 99.2 Å². The number of carbonyl (C=O) groups is 1. The Morgan fingerprint density at radius 1 is 1.45 bits per heavy atom. The summed E-state index contributed by atoms with van der Waals surface area (Å²) in [6, 6.07) is 2.49. The van der Waals surface area contributed by atoms with Gasteiger partial charge in [0.15, 0.2) is 12.4 Å². The lowest BCUT2D eigenvalue weighted by Gasteiger charge is -1.93. The highest BCUT2D eigenvalue weighted by Crippen LogP contribution is 1.92. The Morgan fingerprint density at radius 2 is 1.91 bits per heavy atom. The molecule has 5 nitrogen and oxygen atoms in total. The highest BCUT2D eigenvalue weighted by Gasteiger charge is 2.01. The second-order valence-electron chi connectivity index (χ2n) is 1.75. The van der Waals surface area contributed by atoms with E-state index < -0.39 is 5.97 Å². The molecule has 0 radical (unpaired) electrons. The second-order valence-corrected chi connectivity index (χ2v) is 1.75. The maximum Gasteiger partial charge on any atom is 0.336 e. The van der Waals surface area contributed by atoms with Gasteiger partial charge < -0.3 is 16.5 Å². The molecule has 0 atom stereocenters. The van der Waals surface area contributed by atoms with E-state index in [0.717, 1.165) is 12.4 Å². The number of pyridine rings is 1. The zero-order valence-corrected chi connectivity index (χ0v) is 5.73. The van der Waals surface area contributed by atoms with E-state index in [0.29, 0.717) is 4.73 Å². The molecular weight excluding hydrogens is 148 g/mol. The summed E-state index contributed by atoms with van der Waals surface area (Å²) in [5.74, 6) is -1.03. The van der Waals surface area contributed by atoms with E-state index in [2.05, 4.69) is 0 Å². The van der Waals surface area contributed by atoms with Crippen LogP contribution in [0.3, 0.4) is 0 Å². The van der Waals surface area contributed by atoms with Gasteiger partial charge in [0.1, 0.15) is 0 Å². The number of nitrogens with zero attached hydrogens (tertiary/aromatic N) is 1. The lowest BCUT2D eigenvalue weighted by molar-refractivity contribution is -0.605. The van der Waals surface area contributed by atoms with Crippen molar-refractivity contribution in [1.29, 1.82) is 0 Å². The molecule has 0 amide bonds. The molecule has 0 aliphatic heterocycles. The summed E-state index contributed by atoms with van der Waals surface area (Å²) in [6.07, 6.45) is 2.28. The van der Waals surface area contributed by atoms with Crippen molar-refractivity contribution in [3.8, 4) is 0 Å². The fourth-order valence-corrected chi connectivity index (χ4v) is 0.555. The molecule has 0 fully saturated rings. The predicted molar refractivity (Wildman–Crippen MR) is 37.4 cm³/mol. The van der Waals surface area contributed by atoms with Crippen molar-refractivity contribution in [1.82, 2.24) is 6.15 Å². The largest absolute Gasteiger partial charge is 0.619 e. The molecular formula is C6H8N2O3. The molecule has 4 N–H and O–H groups in total. The fraction of sp³-hybridized carbons (Fsp3) is 0. The van der Waals surface area contributed by atoms with Gasteiger partial charge in [-0.15, -0.1) is 0 Å². The molecule has 0 aliphatic rings. The zero-order chi connectivity index (χ0) is 7.56. The maximum absolute atomic E-state index is 10.4. The third-order valence-electron chi connectivity index (χ3n) is 1.05. The van der Waals surface area contributed by atoms with E-state index >= 15 is 0 Å². The first kappa shape index (κ1) is 9.38. The van der Waals surface area contributed by atoms with E-state index in [9.17, 15) is 10.0 Å². The van der Waals surface area contributed by atoms with Gasteiger partial charge in [-0.2, -0.15) is 4.73 Å². The standard InChI is InChI=1S/C6H5NO3.H3N/c8-6(9)5-1-3-7(10)4-2-5;/h1-4H,(H,8,9);1H3. The number of aromatic nitrogens is 1. The van der Waals surface area contributed by atoms with Crippen molar-refractivity contribution >= 4 is 5.97 Å². The third kappa shape index (κ3) is 2.23. The highest BCUT2D eigenvalue weighted by molar-refractivity contribution is 5.87. The first-order valence-corrected chi connectivity index (χ1v) is 2.62. The molecule has 11 heavy (non-hydrogen) atoms. The van der Waals surface area contributed by atoms with Crippen LogP contribution in [0, 0.1) is 5.21 Å². The van der Waals surface area contributed by atoms with Gasteiger partial charge in [-0.1, -0.05) is 0 Å². The maximum atomic E-state index is 10.4. The smallest absolute Gasteiger partial charge is 0.336 e. The van der Waals surface area contributed by atoms with Crippen LogP contribution in [-0.2, 0) is 0 Å². The monoisotopic (exact) mass is 156 g/mol. The summed E-state index contributed by atoms with van der Waals surface area (Å²) in [5.41, 5.74) is 0.118. The van der Waals surface area contributed by atoms with E-state index in [4.69, 9.17) is 5.11 Å². The number of hydrogen-bond donors (Lipinski definition) is 2. The van der Waals surface area contributed by atoms with Crippen LogP contribution in [0.15, 0.2) is 24.5 Å². The minimum absolute atomic E-state index is 0. The summed E-state index contributed by atoms with van der Waals surface area (Å²) in [5, 5.41) is 18.7. The molecule has 0 saturated heterocycles. The number of hydrogen-bond acceptors (Lipinski definition) is 3. The number of aromatic carboxylic acids is 1. The Balaban J connectivity index is 0.000001000. The average Bonchev–Trinajstić information content (AvgIpc) is 1.88. The van der Waals surface area contributed by atoms with Crippen LogP contribution in [0.5, 0.6) is 0 Å². The van der Waals surface area contributed by atoms with Crippen LogP contribution in [0.25, 0.3) is 0 Å². The van der Waals surface area contributed by atoms with Crippen LogP contribution >= 0.6 is 0 Å². The molecule has 1 aromatic heterocycles. The van der Waals surface area contributed by atoms with Crippen molar-refractivity contribution < 1.29 is 14.6 Å². The van der Waals surface area contributed by atoms with Crippen LogP contribution in [0.4, 0.5) is 0 Å². The second kappa shape index (κ2) is 3.52. The Hall–Kier alpha value is -1.62. The molecule has 0 spiro atoms. The minimum Gasteiger partial charge on any atom is -0.619 e. The van der Waals surface area contributed by atoms with Crippen molar-refractivity contribution in [3.05, 3.63) is 35.3 Å². The summed E-state index contributed by atoms with van der Waals surface area (Å²) in [7, 11) is 0. The van der Waals surface area contributed by atoms with E-state index in [1.165, 1.54) is 12.1 Å². The Bertz CT molecular complexity index is 245. The molecule has 0 saturated carbocycles. The molecule has 60 valence electrons. The Kier molecular flexibility index (Phi) is 3.01. The van der Waals surface area contributed by atoms with Crippen LogP contribution in [-0.4, -0.2) is 11.1 Å². The molecule has 0 unspecified atom stereocenters. The van der Waals surface area contributed by atoms with Gasteiger partial charge in [-0.3, -0.25) is 0 Å². The van der Waals surface area contributed by atoms with Crippen LogP contribution in [0.1, 0.15) is 10.4 Å². The van der Waals surface area contributed by atoms with Gasteiger partial charge in [0.05, 0.1) is 5.56 Å². The third-order valence-corrected chi connectivity index (χ3v) is 1.05. The highest BCUT2D eigenvalue weighted by atomic mass is 16.5. The Labute approximate surface area is 63.1 Å². The molecule has 1 heterocycles. The number of rotatable bonds is 1.